The highest BCUT2D eigenvalue weighted by Gasteiger charge is 2.33. The van der Waals surface area contributed by atoms with Crippen LogP contribution >= 0.6 is 0 Å². The van der Waals surface area contributed by atoms with E-state index in [4.69, 9.17) is 4.42 Å². The lowest BCUT2D eigenvalue weighted by Crippen LogP contribution is -2.50. The molecule has 0 spiro atoms. The van der Waals surface area contributed by atoms with Crippen molar-refractivity contribution in [2.24, 2.45) is 0 Å². The third-order valence-electron chi connectivity index (χ3n) is 4.67. The van der Waals surface area contributed by atoms with Crippen molar-refractivity contribution < 1.29 is 26.4 Å². The number of rotatable bonds is 3. The number of fused-ring (bicyclic) bond motifs is 1. The van der Waals surface area contributed by atoms with E-state index >= 15 is 0 Å². The molecule has 1 fully saturated rings. The quantitative estimate of drug-likeness (QED) is 0.671. The average molecular weight is 406 g/mol. The summed E-state index contributed by atoms with van der Waals surface area (Å²) >= 11 is 0. The molecule has 1 aromatic heterocycles. The summed E-state index contributed by atoms with van der Waals surface area (Å²) in [6, 6.07) is 11.2. The molecule has 0 aliphatic carbocycles. The lowest BCUT2D eigenvalue weighted by atomic mass is 10.2. The molecule has 1 amide bonds. The van der Waals surface area contributed by atoms with E-state index in [1.54, 1.807) is 18.2 Å². The lowest BCUT2D eigenvalue weighted by molar-refractivity contribution is 0.0668. The first-order chi connectivity index (χ1) is 13.4. The number of piperazine rings is 1. The maximum atomic E-state index is 13.9. The molecule has 0 bridgehead atoms. The van der Waals surface area contributed by atoms with Gasteiger partial charge in [0.25, 0.3) is 5.91 Å². The van der Waals surface area contributed by atoms with Gasteiger partial charge in [-0.2, -0.15) is 4.31 Å². The van der Waals surface area contributed by atoms with Crippen LogP contribution in [0.25, 0.3) is 11.0 Å². The molecule has 0 atom stereocenters. The minimum atomic E-state index is -4.19. The minimum Gasteiger partial charge on any atom is -0.451 e. The molecule has 1 saturated heterocycles. The second kappa shape index (κ2) is 6.99. The van der Waals surface area contributed by atoms with E-state index in [0.717, 1.165) is 21.8 Å². The first-order valence-electron chi connectivity index (χ1n) is 8.59. The van der Waals surface area contributed by atoms with Gasteiger partial charge in [0.2, 0.25) is 10.0 Å². The second-order valence-electron chi connectivity index (χ2n) is 6.42. The zero-order valence-electron chi connectivity index (χ0n) is 14.6. The first kappa shape index (κ1) is 18.6. The van der Waals surface area contributed by atoms with Crippen LogP contribution in [0.15, 0.2) is 57.8 Å². The van der Waals surface area contributed by atoms with E-state index in [1.807, 2.05) is 12.1 Å². The Hall–Kier alpha value is -2.78. The van der Waals surface area contributed by atoms with Crippen molar-refractivity contribution >= 4 is 26.9 Å². The van der Waals surface area contributed by atoms with Crippen molar-refractivity contribution in [1.82, 2.24) is 9.21 Å². The number of nitrogens with zero attached hydrogens (tertiary/aromatic N) is 2. The number of amides is 1. The van der Waals surface area contributed by atoms with E-state index in [2.05, 4.69) is 0 Å². The number of para-hydroxylation sites is 1. The van der Waals surface area contributed by atoms with Crippen LogP contribution in [0.4, 0.5) is 8.78 Å². The SMILES string of the molecule is O=C(c1cc2ccccc2o1)N1CCN(S(=O)(=O)c2cc(F)ccc2F)CC1. The average Bonchev–Trinajstić information content (AvgIpc) is 3.13. The summed E-state index contributed by atoms with van der Waals surface area (Å²) in [5.74, 6) is -2.01. The molecule has 4 rings (SSSR count). The normalized spacial score (nSPS) is 15.9. The van der Waals surface area contributed by atoms with Crippen LogP contribution in [0.3, 0.4) is 0 Å². The Morgan fingerprint density at radius 2 is 1.68 bits per heavy atom. The largest absolute Gasteiger partial charge is 0.451 e. The van der Waals surface area contributed by atoms with Crippen LogP contribution in [0.5, 0.6) is 0 Å². The molecule has 3 aromatic rings. The fraction of sp³-hybridized carbons (Fsp3) is 0.211. The number of furan rings is 1. The second-order valence-corrected chi connectivity index (χ2v) is 8.33. The molecule has 0 N–H and O–H groups in total. The predicted molar refractivity (Wildman–Crippen MR) is 97.2 cm³/mol. The Morgan fingerprint density at radius 1 is 0.964 bits per heavy atom. The number of benzene rings is 2. The molecule has 1 aliphatic heterocycles. The van der Waals surface area contributed by atoms with Gasteiger partial charge in [-0.3, -0.25) is 4.79 Å². The number of carbonyl (C=O) groups excluding carboxylic acids is 1. The van der Waals surface area contributed by atoms with Gasteiger partial charge >= 0.3 is 0 Å². The Balaban J connectivity index is 1.49. The Kier molecular flexibility index (Phi) is 4.64. The van der Waals surface area contributed by atoms with Crippen LogP contribution in [0.2, 0.25) is 0 Å². The van der Waals surface area contributed by atoms with E-state index < -0.39 is 26.6 Å². The molecule has 9 heteroatoms. The zero-order chi connectivity index (χ0) is 19.9. The van der Waals surface area contributed by atoms with Crippen molar-refractivity contribution in [3.05, 3.63) is 65.9 Å². The molecule has 0 radical (unpaired) electrons. The Bertz CT molecular complexity index is 1120. The highest BCUT2D eigenvalue weighted by molar-refractivity contribution is 7.89. The third kappa shape index (κ3) is 3.27. The van der Waals surface area contributed by atoms with Crippen molar-refractivity contribution in [3.63, 3.8) is 0 Å². The number of hydrogen-bond donors (Lipinski definition) is 0. The van der Waals surface area contributed by atoms with Crippen LogP contribution in [0, 0.1) is 11.6 Å². The molecule has 28 heavy (non-hydrogen) atoms. The van der Waals surface area contributed by atoms with Gasteiger partial charge in [-0.05, 0) is 30.3 Å². The lowest BCUT2D eigenvalue weighted by Gasteiger charge is -2.33. The van der Waals surface area contributed by atoms with Crippen molar-refractivity contribution in [2.45, 2.75) is 4.90 Å². The molecule has 2 aromatic carbocycles. The summed E-state index contributed by atoms with van der Waals surface area (Å²) in [5, 5.41) is 0.800. The van der Waals surface area contributed by atoms with Crippen LogP contribution in [-0.2, 0) is 10.0 Å². The molecule has 2 heterocycles. The molecular weight excluding hydrogens is 390 g/mol. The van der Waals surface area contributed by atoms with Gasteiger partial charge in [-0.25, -0.2) is 17.2 Å². The summed E-state index contributed by atoms with van der Waals surface area (Å²) < 4.78 is 59.1. The predicted octanol–water partition coefficient (Wildman–Crippen LogP) is 2.86. The van der Waals surface area contributed by atoms with Crippen molar-refractivity contribution in [2.75, 3.05) is 26.2 Å². The van der Waals surface area contributed by atoms with E-state index in [1.165, 1.54) is 4.90 Å². The van der Waals surface area contributed by atoms with Gasteiger partial charge in [0.15, 0.2) is 5.76 Å². The number of sulfonamides is 1. The molecule has 0 saturated carbocycles. The summed E-state index contributed by atoms with van der Waals surface area (Å²) in [6.45, 7) is 0.187. The summed E-state index contributed by atoms with van der Waals surface area (Å²) in [5.41, 5.74) is 0.591. The van der Waals surface area contributed by atoms with Gasteiger partial charge in [-0.1, -0.05) is 18.2 Å². The minimum absolute atomic E-state index is 0.0236. The fourth-order valence-corrected chi connectivity index (χ4v) is 4.69. The van der Waals surface area contributed by atoms with Crippen LogP contribution in [0.1, 0.15) is 10.6 Å². The molecule has 146 valence electrons. The van der Waals surface area contributed by atoms with Crippen molar-refractivity contribution in [3.8, 4) is 0 Å². The summed E-state index contributed by atoms with van der Waals surface area (Å²) in [4.78, 5) is 13.4. The highest BCUT2D eigenvalue weighted by atomic mass is 32.2. The van der Waals surface area contributed by atoms with Gasteiger partial charge in [0.05, 0.1) is 0 Å². The number of halogens is 2. The van der Waals surface area contributed by atoms with Gasteiger partial charge in [0.1, 0.15) is 22.1 Å². The summed E-state index contributed by atoms with van der Waals surface area (Å²) in [7, 11) is -4.19. The van der Waals surface area contributed by atoms with Gasteiger partial charge in [0, 0.05) is 31.6 Å². The Labute approximate surface area is 160 Å². The van der Waals surface area contributed by atoms with Crippen molar-refractivity contribution in [1.29, 1.82) is 0 Å². The zero-order valence-corrected chi connectivity index (χ0v) is 15.5. The molecule has 6 nitrogen and oxygen atoms in total. The van der Waals surface area contributed by atoms with Crippen LogP contribution in [-0.4, -0.2) is 49.7 Å². The highest BCUT2D eigenvalue weighted by Crippen LogP contribution is 2.24. The monoisotopic (exact) mass is 406 g/mol. The van der Waals surface area contributed by atoms with E-state index in [9.17, 15) is 22.0 Å². The van der Waals surface area contributed by atoms with E-state index in [0.29, 0.717) is 11.6 Å². The molecule has 1 aliphatic rings. The van der Waals surface area contributed by atoms with Gasteiger partial charge < -0.3 is 9.32 Å². The Morgan fingerprint density at radius 3 is 2.39 bits per heavy atom. The summed E-state index contributed by atoms with van der Waals surface area (Å²) in [6.07, 6.45) is 0. The van der Waals surface area contributed by atoms with E-state index in [-0.39, 0.29) is 37.8 Å². The maximum absolute atomic E-state index is 13.9. The standard InChI is InChI=1S/C19H16F2N2O4S/c20-14-5-6-15(21)18(12-14)28(25,26)23-9-7-22(8-10-23)19(24)17-11-13-3-1-2-4-16(13)27-17/h1-6,11-12H,7-10H2. The maximum Gasteiger partial charge on any atom is 0.289 e. The van der Waals surface area contributed by atoms with Crippen LogP contribution < -0.4 is 0 Å². The fourth-order valence-electron chi connectivity index (χ4n) is 3.19. The van der Waals surface area contributed by atoms with Gasteiger partial charge in [-0.15, -0.1) is 0 Å². The number of hydrogen-bond acceptors (Lipinski definition) is 4. The first-order valence-corrected chi connectivity index (χ1v) is 10.0. The number of carbonyl (C=O) groups is 1. The molecule has 0 unspecified atom stereocenters. The molecular formula is C19H16F2N2O4S. The third-order valence-corrected chi connectivity index (χ3v) is 6.59. The topological polar surface area (TPSA) is 70.8 Å². The smallest absolute Gasteiger partial charge is 0.289 e.